The molecule has 0 fully saturated rings. The van der Waals surface area contributed by atoms with Gasteiger partial charge in [0.25, 0.3) is 0 Å². The predicted molar refractivity (Wildman–Crippen MR) is 95.8 cm³/mol. The van der Waals surface area contributed by atoms with E-state index in [4.69, 9.17) is 0 Å². The summed E-state index contributed by atoms with van der Waals surface area (Å²) in [4.78, 5) is 0. The smallest absolute Gasteiger partial charge is 0.194 e. The first-order valence-electron chi connectivity index (χ1n) is 8.43. The Labute approximate surface area is 146 Å². The lowest BCUT2D eigenvalue weighted by Gasteiger charge is -2.07. The van der Waals surface area contributed by atoms with Gasteiger partial charge in [0.05, 0.1) is 0 Å². The minimum absolute atomic E-state index is 0.317. The molecule has 0 spiro atoms. The van der Waals surface area contributed by atoms with Gasteiger partial charge in [-0.25, -0.2) is 13.2 Å². The van der Waals surface area contributed by atoms with Crippen molar-refractivity contribution in [1.29, 1.82) is 0 Å². The third-order valence-corrected chi connectivity index (χ3v) is 4.31. The highest BCUT2D eigenvalue weighted by atomic mass is 19.2. The Morgan fingerprint density at radius 1 is 0.640 bits per heavy atom. The Balaban J connectivity index is 1.82. The molecule has 0 atom stereocenters. The fraction of sp³-hybridized carbons (Fsp3) is 0.182. The first-order chi connectivity index (χ1) is 12.1. The van der Waals surface area contributed by atoms with E-state index in [1.807, 2.05) is 12.1 Å². The predicted octanol–water partition coefficient (Wildman–Crippen LogP) is 6.78. The fourth-order valence-electron chi connectivity index (χ4n) is 2.82. The van der Waals surface area contributed by atoms with Crippen LogP contribution in [0.5, 0.6) is 0 Å². The molecule has 0 bridgehead atoms. The van der Waals surface area contributed by atoms with Gasteiger partial charge in [-0.3, -0.25) is 0 Å². The summed E-state index contributed by atoms with van der Waals surface area (Å²) in [7, 11) is 0. The van der Waals surface area contributed by atoms with E-state index in [1.165, 1.54) is 18.4 Å². The van der Waals surface area contributed by atoms with Gasteiger partial charge in [-0.15, -0.1) is 0 Å². The first kappa shape index (κ1) is 17.3. The Hall–Kier alpha value is -2.55. The molecular weight excluding hydrogens is 321 g/mol. The maximum atomic E-state index is 13.4. The molecular formula is C22H19F3. The molecule has 0 aromatic heterocycles. The van der Waals surface area contributed by atoms with Crippen LogP contribution in [0.1, 0.15) is 25.3 Å². The lowest BCUT2D eigenvalue weighted by atomic mass is 9.98. The topological polar surface area (TPSA) is 0 Å². The van der Waals surface area contributed by atoms with Crippen LogP contribution in [0.25, 0.3) is 22.3 Å². The van der Waals surface area contributed by atoms with E-state index in [0.29, 0.717) is 11.1 Å². The van der Waals surface area contributed by atoms with Crippen molar-refractivity contribution in [3.63, 3.8) is 0 Å². The highest BCUT2D eigenvalue weighted by Gasteiger charge is 2.11. The summed E-state index contributed by atoms with van der Waals surface area (Å²) in [5.74, 6) is -3.80. The third-order valence-electron chi connectivity index (χ3n) is 4.31. The number of benzene rings is 3. The van der Waals surface area contributed by atoms with Crippen molar-refractivity contribution >= 4 is 0 Å². The molecule has 128 valence electrons. The molecule has 0 aliphatic rings. The third kappa shape index (κ3) is 3.93. The van der Waals surface area contributed by atoms with Crippen LogP contribution in [0.3, 0.4) is 0 Å². The monoisotopic (exact) mass is 340 g/mol. The van der Waals surface area contributed by atoms with E-state index >= 15 is 0 Å². The van der Waals surface area contributed by atoms with Gasteiger partial charge >= 0.3 is 0 Å². The van der Waals surface area contributed by atoms with Crippen LogP contribution in [0.15, 0.2) is 60.7 Å². The number of hydrogen-bond donors (Lipinski definition) is 0. The van der Waals surface area contributed by atoms with Crippen LogP contribution < -0.4 is 0 Å². The molecule has 0 aliphatic heterocycles. The van der Waals surface area contributed by atoms with Crippen molar-refractivity contribution in [3.8, 4) is 22.3 Å². The molecule has 0 N–H and O–H groups in total. The lowest BCUT2D eigenvalue weighted by molar-refractivity contribution is 0.448. The minimum atomic E-state index is -1.44. The molecule has 25 heavy (non-hydrogen) atoms. The average molecular weight is 340 g/mol. The van der Waals surface area contributed by atoms with E-state index < -0.39 is 17.5 Å². The second-order valence-corrected chi connectivity index (χ2v) is 6.13. The minimum Gasteiger partial charge on any atom is -0.204 e. The van der Waals surface area contributed by atoms with Gasteiger partial charge in [0.2, 0.25) is 0 Å². The molecule has 0 radical (unpaired) electrons. The Morgan fingerprint density at radius 2 is 1.08 bits per heavy atom. The molecule has 0 saturated carbocycles. The summed E-state index contributed by atoms with van der Waals surface area (Å²) in [6.45, 7) is 2.18. The van der Waals surface area contributed by atoms with Crippen molar-refractivity contribution in [2.24, 2.45) is 0 Å². The zero-order valence-electron chi connectivity index (χ0n) is 14.0. The first-order valence-corrected chi connectivity index (χ1v) is 8.43. The number of aryl methyl sites for hydroxylation is 1. The van der Waals surface area contributed by atoms with Crippen LogP contribution in [0.4, 0.5) is 13.2 Å². The Morgan fingerprint density at radius 3 is 1.56 bits per heavy atom. The molecule has 0 amide bonds. The van der Waals surface area contributed by atoms with Gasteiger partial charge in [-0.05, 0) is 52.8 Å². The highest BCUT2D eigenvalue weighted by Crippen LogP contribution is 2.27. The van der Waals surface area contributed by atoms with E-state index in [2.05, 4.69) is 31.2 Å². The molecule has 3 aromatic rings. The molecule has 3 heteroatoms. The number of rotatable bonds is 5. The van der Waals surface area contributed by atoms with E-state index in [1.54, 1.807) is 12.1 Å². The van der Waals surface area contributed by atoms with E-state index in [9.17, 15) is 13.2 Å². The molecule has 3 aromatic carbocycles. The molecule has 0 nitrogen and oxygen atoms in total. The van der Waals surface area contributed by atoms with Gasteiger partial charge in [-0.1, -0.05) is 61.9 Å². The molecule has 0 unspecified atom stereocenters. The Kier molecular flexibility index (Phi) is 5.22. The quantitative estimate of drug-likeness (QED) is 0.449. The summed E-state index contributed by atoms with van der Waals surface area (Å²) in [6, 6.07) is 17.8. The number of halogens is 3. The van der Waals surface area contributed by atoms with Crippen molar-refractivity contribution in [1.82, 2.24) is 0 Å². The van der Waals surface area contributed by atoms with Crippen molar-refractivity contribution in [3.05, 3.63) is 83.7 Å². The van der Waals surface area contributed by atoms with Gasteiger partial charge in [0.15, 0.2) is 17.5 Å². The van der Waals surface area contributed by atoms with Crippen LogP contribution in [0.2, 0.25) is 0 Å². The molecule has 0 heterocycles. The van der Waals surface area contributed by atoms with Gasteiger partial charge in [0.1, 0.15) is 0 Å². The van der Waals surface area contributed by atoms with Crippen molar-refractivity contribution in [2.45, 2.75) is 26.2 Å². The number of unbranched alkanes of at least 4 members (excludes halogenated alkanes) is 1. The standard InChI is InChI=1S/C22H19F3/c1-2-3-4-15-5-7-16(8-6-15)17-9-11-18(12-10-17)19-13-20(23)22(25)21(24)14-19/h5-14H,2-4H2,1H3. The Bertz CT molecular complexity index is 826. The van der Waals surface area contributed by atoms with E-state index in [0.717, 1.165) is 29.7 Å². The zero-order valence-corrected chi connectivity index (χ0v) is 14.0. The average Bonchev–Trinajstić information content (AvgIpc) is 2.64. The highest BCUT2D eigenvalue weighted by molar-refractivity contribution is 5.70. The van der Waals surface area contributed by atoms with Gasteiger partial charge < -0.3 is 0 Å². The van der Waals surface area contributed by atoms with Crippen LogP contribution >= 0.6 is 0 Å². The van der Waals surface area contributed by atoms with Crippen molar-refractivity contribution in [2.75, 3.05) is 0 Å². The van der Waals surface area contributed by atoms with E-state index in [-0.39, 0.29) is 0 Å². The molecule has 0 aliphatic carbocycles. The summed E-state index contributed by atoms with van der Waals surface area (Å²) in [6.07, 6.45) is 3.43. The molecule has 3 rings (SSSR count). The summed E-state index contributed by atoms with van der Waals surface area (Å²) in [5, 5.41) is 0. The van der Waals surface area contributed by atoms with Crippen molar-refractivity contribution < 1.29 is 13.2 Å². The van der Waals surface area contributed by atoms with Gasteiger partial charge in [-0.2, -0.15) is 0 Å². The van der Waals surface area contributed by atoms with Crippen LogP contribution in [-0.2, 0) is 6.42 Å². The SMILES string of the molecule is CCCCc1ccc(-c2ccc(-c3cc(F)c(F)c(F)c3)cc2)cc1. The largest absolute Gasteiger partial charge is 0.204 e. The van der Waals surface area contributed by atoms with Gasteiger partial charge in [0, 0.05) is 0 Å². The normalized spacial score (nSPS) is 10.9. The van der Waals surface area contributed by atoms with Crippen LogP contribution in [-0.4, -0.2) is 0 Å². The second kappa shape index (κ2) is 7.56. The summed E-state index contributed by atoms with van der Waals surface area (Å²) >= 11 is 0. The fourth-order valence-corrected chi connectivity index (χ4v) is 2.82. The lowest BCUT2D eigenvalue weighted by Crippen LogP contribution is -1.91. The second-order valence-electron chi connectivity index (χ2n) is 6.13. The summed E-state index contributed by atoms with van der Waals surface area (Å²) in [5.41, 5.74) is 4.38. The maximum Gasteiger partial charge on any atom is 0.194 e. The number of hydrogen-bond acceptors (Lipinski definition) is 0. The maximum absolute atomic E-state index is 13.4. The zero-order chi connectivity index (χ0) is 17.8. The van der Waals surface area contributed by atoms with Crippen LogP contribution in [0, 0.1) is 17.5 Å². The molecule has 0 saturated heterocycles. The summed E-state index contributed by atoms with van der Waals surface area (Å²) < 4.78 is 39.8.